The number of benzene rings is 1. The summed E-state index contributed by atoms with van der Waals surface area (Å²) in [6, 6.07) is 7.24. The molecule has 1 N–H and O–H groups in total. The van der Waals surface area contributed by atoms with Gasteiger partial charge in [0, 0.05) is 15.0 Å². The molecule has 0 fully saturated rings. The van der Waals surface area contributed by atoms with Crippen molar-refractivity contribution < 1.29 is 0 Å². The zero-order valence-electron chi connectivity index (χ0n) is 6.47. The maximum atomic E-state index is 11.5. The van der Waals surface area contributed by atoms with Crippen molar-refractivity contribution in [2.24, 2.45) is 0 Å². The Morgan fingerprint density at radius 3 is 2.85 bits per heavy atom. The van der Waals surface area contributed by atoms with Crippen LogP contribution >= 0.6 is 38.5 Å². The molecule has 0 bridgehead atoms. The van der Waals surface area contributed by atoms with Gasteiger partial charge in [-0.25, -0.2) is 0 Å². The van der Waals surface area contributed by atoms with E-state index < -0.39 is 0 Å². The van der Waals surface area contributed by atoms with Gasteiger partial charge < -0.3 is 4.98 Å². The molecule has 2 aromatic rings. The molecule has 0 amide bonds. The number of aromatic nitrogens is 1. The maximum absolute atomic E-state index is 11.5. The van der Waals surface area contributed by atoms with Crippen LogP contribution in [0.3, 0.4) is 0 Å². The van der Waals surface area contributed by atoms with Crippen molar-refractivity contribution in [1.29, 1.82) is 0 Å². The molecule has 1 aromatic carbocycles. The minimum Gasteiger partial charge on any atom is -0.349 e. The van der Waals surface area contributed by atoms with Crippen LogP contribution in [0.2, 0.25) is 0 Å². The molecule has 0 aliphatic carbocycles. The summed E-state index contributed by atoms with van der Waals surface area (Å²) in [5, 5.41) is 0.726. The number of nitrogens with one attached hydrogen (secondary N) is 1. The molecule has 2 rings (SSSR count). The van der Waals surface area contributed by atoms with E-state index in [1.165, 1.54) is 6.07 Å². The summed E-state index contributed by atoms with van der Waals surface area (Å²) >= 11 is 5.46. The van der Waals surface area contributed by atoms with Crippen molar-refractivity contribution in [3.05, 3.63) is 42.7 Å². The van der Waals surface area contributed by atoms with Crippen molar-refractivity contribution in [3.8, 4) is 0 Å². The van der Waals surface area contributed by atoms with Crippen LogP contribution < -0.4 is 5.43 Å². The molecule has 0 saturated heterocycles. The van der Waals surface area contributed by atoms with E-state index in [2.05, 4.69) is 43.5 Å². The highest BCUT2D eigenvalue weighted by molar-refractivity contribution is 14.1. The van der Waals surface area contributed by atoms with Crippen LogP contribution in [0, 0.1) is 3.57 Å². The van der Waals surface area contributed by atoms with E-state index in [1.54, 1.807) is 0 Å². The van der Waals surface area contributed by atoms with Gasteiger partial charge in [0.2, 0.25) is 0 Å². The van der Waals surface area contributed by atoms with E-state index in [4.69, 9.17) is 0 Å². The molecule has 0 unspecified atom stereocenters. The molecule has 13 heavy (non-hydrogen) atoms. The number of fused-ring (bicyclic) bond motifs is 1. The van der Waals surface area contributed by atoms with E-state index >= 15 is 0 Å². The van der Waals surface area contributed by atoms with Gasteiger partial charge in [-0.3, -0.25) is 4.79 Å². The zero-order valence-corrected chi connectivity index (χ0v) is 10.2. The Labute approximate surface area is 96.6 Å². The minimum atomic E-state index is 0.0389. The van der Waals surface area contributed by atoms with Crippen molar-refractivity contribution in [2.45, 2.75) is 0 Å². The van der Waals surface area contributed by atoms with Crippen LogP contribution in [0.4, 0.5) is 0 Å². The van der Waals surface area contributed by atoms with Crippen LogP contribution in [0.15, 0.2) is 33.7 Å². The van der Waals surface area contributed by atoms with Crippen LogP contribution in [-0.4, -0.2) is 4.98 Å². The fourth-order valence-corrected chi connectivity index (χ4v) is 2.11. The molecule has 2 nitrogen and oxygen atoms in total. The van der Waals surface area contributed by atoms with Gasteiger partial charge in [0.25, 0.3) is 0 Å². The Kier molecular flexibility index (Phi) is 2.42. The number of hydrogen-bond acceptors (Lipinski definition) is 1. The Morgan fingerprint density at radius 1 is 1.31 bits per heavy atom. The summed E-state index contributed by atoms with van der Waals surface area (Å²) in [7, 11) is 0. The van der Waals surface area contributed by atoms with E-state index in [9.17, 15) is 4.79 Å². The van der Waals surface area contributed by atoms with Gasteiger partial charge in [0.1, 0.15) is 0 Å². The number of halogens is 2. The molecular formula is C9H5BrINO. The molecule has 0 spiro atoms. The topological polar surface area (TPSA) is 32.9 Å². The third-order valence-corrected chi connectivity index (χ3v) is 2.86. The highest BCUT2D eigenvalue weighted by atomic mass is 127. The monoisotopic (exact) mass is 349 g/mol. The smallest absolute Gasteiger partial charge is 0.190 e. The number of H-pyrrole nitrogens is 1. The maximum Gasteiger partial charge on any atom is 0.190 e. The molecule has 1 heterocycles. The van der Waals surface area contributed by atoms with E-state index in [1.807, 2.05) is 18.2 Å². The van der Waals surface area contributed by atoms with Gasteiger partial charge in [0.05, 0.1) is 10.1 Å². The van der Waals surface area contributed by atoms with Crippen LogP contribution in [0.25, 0.3) is 10.9 Å². The van der Waals surface area contributed by atoms with Gasteiger partial charge in [-0.1, -0.05) is 0 Å². The third kappa shape index (κ3) is 1.78. The van der Waals surface area contributed by atoms with E-state index in [0.717, 1.165) is 14.5 Å². The normalized spacial score (nSPS) is 10.6. The lowest BCUT2D eigenvalue weighted by Gasteiger charge is -1.98. The SMILES string of the molecule is O=c1cc(Br)[nH]c2cc(I)ccc12. The van der Waals surface area contributed by atoms with Gasteiger partial charge in [0.15, 0.2) is 5.43 Å². The largest absolute Gasteiger partial charge is 0.349 e. The second-order valence-electron chi connectivity index (χ2n) is 2.67. The second-order valence-corrected chi connectivity index (χ2v) is 4.77. The predicted octanol–water partition coefficient (Wildman–Crippen LogP) is 2.90. The lowest BCUT2D eigenvalue weighted by atomic mass is 10.2. The first-order chi connectivity index (χ1) is 6.16. The molecule has 0 aliphatic heterocycles. The first kappa shape index (κ1) is 9.21. The molecule has 1 aromatic heterocycles. The molecular weight excluding hydrogens is 345 g/mol. The lowest BCUT2D eigenvalue weighted by molar-refractivity contribution is 1.33. The number of pyridine rings is 1. The standard InChI is InChI=1S/C9H5BrINO/c10-9-4-8(13)6-2-1-5(11)3-7(6)12-9/h1-4H,(H,12,13). The van der Waals surface area contributed by atoms with Crippen molar-refractivity contribution in [1.82, 2.24) is 4.98 Å². The van der Waals surface area contributed by atoms with Gasteiger partial charge in [-0.2, -0.15) is 0 Å². The molecule has 0 radical (unpaired) electrons. The predicted molar refractivity (Wildman–Crippen MR) is 65.0 cm³/mol. The number of hydrogen-bond donors (Lipinski definition) is 1. The van der Waals surface area contributed by atoms with Crippen molar-refractivity contribution in [3.63, 3.8) is 0 Å². The number of aromatic amines is 1. The van der Waals surface area contributed by atoms with Crippen LogP contribution in [0.1, 0.15) is 0 Å². The zero-order chi connectivity index (χ0) is 9.42. The first-order valence-electron chi connectivity index (χ1n) is 3.65. The average Bonchev–Trinajstić information content (AvgIpc) is 2.02. The first-order valence-corrected chi connectivity index (χ1v) is 5.52. The molecule has 0 aliphatic rings. The van der Waals surface area contributed by atoms with Crippen LogP contribution in [0.5, 0.6) is 0 Å². The highest BCUT2D eigenvalue weighted by Gasteiger charge is 1.99. The third-order valence-electron chi connectivity index (χ3n) is 1.76. The Morgan fingerprint density at radius 2 is 2.08 bits per heavy atom. The van der Waals surface area contributed by atoms with E-state index in [-0.39, 0.29) is 5.43 Å². The van der Waals surface area contributed by atoms with E-state index in [0.29, 0.717) is 4.60 Å². The summed E-state index contributed by atoms with van der Waals surface area (Å²) in [6.07, 6.45) is 0. The quantitative estimate of drug-likeness (QED) is 0.575. The molecule has 0 saturated carbocycles. The fraction of sp³-hybridized carbons (Fsp3) is 0. The lowest BCUT2D eigenvalue weighted by Crippen LogP contribution is -2.01. The molecule has 0 atom stereocenters. The average molecular weight is 350 g/mol. The highest BCUT2D eigenvalue weighted by Crippen LogP contribution is 2.14. The van der Waals surface area contributed by atoms with Crippen LogP contribution in [-0.2, 0) is 0 Å². The molecule has 4 heteroatoms. The summed E-state index contributed by atoms with van der Waals surface area (Å²) in [4.78, 5) is 14.5. The summed E-state index contributed by atoms with van der Waals surface area (Å²) in [6.45, 7) is 0. The summed E-state index contributed by atoms with van der Waals surface area (Å²) in [5.41, 5.74) is 0.906. The summed E-state index contributed by atoms with van der Waals surface area (Å²) < 4.78 is 1.82. The van der Waals surface area contributed by atoms with Gasteiger partial charge in [-0.15, -0.1) is 0 Å². The fourth-order valence-electron chi connectivity index (χ4n) is 1.19. The Bertz CT molecular complexity index is 515. The van der Waals surface area contributed by atoms with Gasteiger partial charge in [-0.05, 0) is 56.7 Å². The van der Waals surface area contributed by atoms with Gasteiger partial charge >= 0.3 is 0 Å². The second kappa shape index (κ2) is 3.42. The minimum absolute atomic E-state index is 0.0389. The van der Waals surface area contributed by atoms with Crippen molar-refractivity contribution >= 4 is 49.4 Å². The number of rotatable bonds is 0. The summed E-state index contributed by atoms with van der Waals surface area (Å²) in [5.74, 6) is 0. The Hall–Kier alpha value is -0.360. The Balaban J connectivity index is 2.95. The molecule has 66 valence electrons. The van der Waals surface area contributed by atoms with Crippen molar-refractivity contribution in [2.75, 3.05) is 0 Å².